The standard InChI is InChI=1S/C13H18BNO4/c16-13-10-19-12-7-3-2-6-11(12)15(13)9-5-1-4-8-14(17)18/h2-3,6-7,17-18H,1,4-5,8-10H2. The lowest BCUT2D eigenvalue weighted by atomic mass is 9.83. The minimum absolute atomic E-state index is 0.0270. The molecule has 0 fully saturated rings. The predicted molar refractivity (Wildman–Crippen MR) is 73.1 cm³/mol. The maximum atomic E-state index is 11.8. The molecule has 1 aromatic carbocycles. The number of unbranched alkanes of at least 4 members (excludes halogenated alkanes) is 2. The van der Waals surface area contributed by atoms with Gasteiger partial charge < -0.3 is 19.7 Å². The van der Waals surface area contributed by atoms with Gasteiger partial charge in [-0.15, -0.1) is 0 Å². The molecular formula is C13H18BNO4. The van der Waals surface area contributed by atoms with Crippen molar-refractivity contribution in [1.29, 1.82) is 0 Å². The zero-order chi connectivity index (χ0) is 13.7. The van der Waals surface area contributed by atoms with Gasteiger partial charge in [0.2, 0.25) is 0 Å². The number of ether oxygens (including phenoxy) is 1. The fourth-order valence-corrected chi connectivity index (χ4v) is 2.17. The fourth-order valence-electron chi connectivity index (χ4n) is 2.17. The Labute approximate surface area is 112 Å². The zero-order valence-corrected chi connectivity index (χ0v) is 10.8. The molecule has 0 unspecified atom stereocenters. The largest absolute Gasteiger partial charge is 0.482 e. The van der Waals surface area contributed by atoms with Gasteiger partial charge in [-0.25, -0.2) is 0 Å². The van der Waals surface area contributed by atoms with Crippen molar-refractivity contribution in [3.05, 3.63) is 24.3 Å². The average molecular weight is 263 g/mol. The summed E-state index contributed by atoms with van der Waals surface area (Å²) < 4.78 is 5.37. The lowest BCUT2D eigenvalue weighted by molar-refractivity contribution is -0.121. The molecule has 0 aromatic heterocycles. The molecule has 0 radical (unpaired) electrons. The van der Waals surface area contributed by atoms with Gasteiger partial charge in [0.15, 0.2) is 6.61 Å². The Morgan fingerprint density at radius 3 is 2.79 bits per heavy atom. The smallest absolute Gasteiger partial charge is 0.451 e. The summed E-state index contributed by atoms with van der Waals surface area (Å²) in [6.07, 6.45) is 2.84. The van der Waals surface area contributed by atoms with Crippen molar-refractivity contribution < 1.29 is 19.6 Å². The van der Waals surface area contributed by atoms with Crippen LogP contribution in [0.2, 0.25) is 6.32 Å². The third-order valence-electron chi connectivity index (χ3n) is 3.15. The highest BCUT2D eigenvalue weighted by molar-refractivity contribution is 6.40. The normalized spacial score (nSPS) is 14.0. The van der Waals surface area contributed by atoms with E-state index in [9.17, 15) is 4.79 Å². The Morgan fingerprint density at radius 2 is 2.00 bits per heavy atom. The fraction of sp³-hybridized carbons (Fsp3) is 0.462. The summed E-state index contributed by atoms with van der Waals surface area (Å²) in [4.78, 5) is 13.6. The SMILES string of the molecule is O=C1COc2ccccc2N1CCCCCB(O)O. The molecule has 0 atom stereocenters. The summed E-state index contributed by atoms with van der Waals surface area (Å²) in [5.41, 5.74) is 0.820. The molecule has 0 spiro atoms. The number of nitrogens with zero attached hydrogens (tertiary/aromatic N) is 1. The van der Waals surface area contributed by atoms with Gasteiger partial charge in [-0.1, -0.05) is 25.0 Å². The Kier molecular flexibility index (Phi) is 4.82. The number of fused-ring (bicyclic) bond motifs is 1. The number of hydrogen-bond acceptors (Lipinski definition) is 4. The van der Waals surface area contributed by atoms with E-state index in [0.717, 1.165) is 30.7 Å². The van der Waals surface area contributed by atoms with Crippen molar-refractivity contribution in [2.24, 2.45) is 0 Å². The quantitative estimate of drug-likeness (QED) is 0.594. The van der Waals surface area contributed by atoms with E-state index in [-0.39, 0.29) is 12.5 Å². The zero-order valence-electron chi connectivity index (χ0n) is 10.8. The van der Waals surface area contributed by atoms with E-state index in [1.54, 1.807) is 4.90 Å². The average Bonchev–Trinajstić information content (AvgIpc) is 2.40. The summed E-state index contributed by atoms with van der Waals surface area (Å²) in [5.74, 6) is 0.716. The third kappa shape index (κ3) is 3.72. The van der Waals surface area contributed by atoms with Gasteiger partial charge in [0.1, 0.15) is 5.75 Å². The summed E-state index contributed by atoms with van der Waals surface area (Å²) in [6.45, 7) is 0.729. The molecule has 5 nitrogen and oxygen atoms in total. The summed E-state index contributed by atoms with van der Waals surface area (Å²) in [7, 11) is -1.23. The molecule has 1 amide bonds. The van der Waals surface area contributed by atoms with Gasteiger partial charge in [0.25, 0.3) is 5.91 Å². The van der Waals surface area contributed by atoms with Crippen molar-refractivity contribution in [2.45, 2.75) is 25.6 Å². The number of anilines is 1. The first-order chi connectivity index (χ1) is 9.18. The van der Waals surface area contributed by atoms with Crippen LogP contribution < -0.4 is 9.64 Å². The predicted octanol–water partition coefficient (Wildman–Crippen LogP) is 1.06. The molecule has 19 heavy (non-hydrogen) atoms. The van der Waals surface area contributed by atoms with Crippen molar-refractivity contribution >= 4 is 18.7 Å². The molecule has 2 rings (SSSR count). The van der Waals surface area contributed by atoms with E-state index in [2.05, 4.69) is 0 Å². The topological polar surface area (TPSA) is 70.0 Å². The lowest BCUT2D eigenvalue weighted by Gasteiger charge is -2.29. The van der Waals surface area contributed by atoms with Crippen LogP contribution in [0.25, 0.3) is 0 Å². The van der Waals surface area contributed by atoms with Crippen LogP contribution >= 0.6 is 0 Å². The number of benzene rings is 1. The molecule has 0 aliphatic carbocycles. The van der Waals surface area contributed by atoms with E-state index < -0.39 is 7.12 Å². The molecule has 1 aliphatic heterocycles. The Hall–Kier alpha value is -1.53. The molecule has 1 heterocycles. The van der Waals surface area contributed by atoms with Gasteiger partial charge >= 0.3 is 7.12 Å². The first kappa shape index (κ1) is 13.9. The molecule has 6 heteroatoms. The lowest BCUT2D eigenvalue weighted by Crippen LogP contribution is -2.39. The second kappa shape index (κ2) is 6.59. The van der Waals surface area contributed by atoms with Gasteiger partial charge in [-0.3, -0.25) is 4.79 Å². The Bertz CT molecular complexity index is 438. The van der Waals surface area contributed by atoms with Gasteiger partial charge in [0.05, 0.1) is 5.69 Å². The monoisotopic (exact) mass is 263 g/mol. The first-order valence-electron chi connectivity index (χ1n) is 6.57. The molecule has 1 aliphatic rings. The second-order valence-corrected chi connectivity index (χ2v) is 4.63. The van der Waals surface area contributed by atoms with Gasteiger partial charge in [0, 0.05) is 6.54 Å². The van der Waals surface area contributed by atoms with E-state index in [4.69, 9.17) is 14.8 Å². The van der Waals surface area contributed by atoms with Gasteiger partial charge in [-0.2, -0.15) is 0 Å². The van der Waals surface area contributed by atoms with Crippen LogP contribution in [-0.4, -0.2) is 36.2 Å². The summed E-state index contributed by atoms with van der Waals surface area (Å²) in [6, 6.07) is 7.51. The number of carbonyl (C=O) groups excluding carboxylic acids is 1. The van der Waals surface area contributed by atoms with Crippen LogP contribution in [-0.2, 0) is 4.79 Å². The van der Waals surface area contributed by atoms with Crippen LogP contribution in [0.3, 0.4) is 0 Å². The summed E-state index contributed by atoms with van der Waals surface area (Å²) >= 11 is 0. The van der Waals surface area contributed by atoms with Gasteiger partial charge in [-0.05, 0) is 24.9 Å². The maximum absolute atomic E-state index is 11.8. The van der Waals surface area contributed by atoms with Crippen molar-refractivity contribution in [3.8, 4) is 5.75 Å². The second-order valence-electron chi connectivity index (χ2n) is 4.63. The van der Waals surface area contributed by atoms with Crippen LogP contribution in [0, 0.1) is 0 Å². The molecule has 0 saturated heterocycles. The molecule has 0 bridgehead atoms. The molecule has 102 valence electrons. The van der Waals surface area contributed by atoms with Crippen molar-refractivity contribution in [3.63, 3.8) is 0 Å². The molecule has 2 N–H and O–H groups in total. The highest BCUT2D eigenvalue weighted by atomic mass is 16.5. The highest BCUT2D eigenvalue weighted by Crippen LogP contribution is 2.31. The minimum atomic E-state index is -1.23. The third-order valence-corrected chi connectivity index (χ3v) is 3.15. The Morgan fingerprint density at radius 1 is 1.21 bits per heavy atom. The van der Waals surface area contributed by atoms with Crippen LogP contribution in [0.15, 0.2) is 24.3 Å². The summed E-state index contributed by atoms with van der Waals surface area (Å²) in [5, 5.41) is 17.5. The van der Waals surface area contributed by atoms with E-state index in [1.165, 1.54) is 0 Å². The van der Waals surface area contributed by atoms with Crippen LogP contribution in [0.1, 0.15) is 19.3 Å². The number of amides is 1. The van der Waals surface area contributed by atoms with Crippen LogP contribution in [0.5, 0.6) is 5.75 Å². The Balaban J connectivity index is 1.87. The van der Waals surface area contributed by atoms with Crippen molar-refractivity contribution in [2.75, 3.05) is 18.1 Å². The van der Waals surface area contributed by atoms with E-state index >= 15 is 0 Å². The first-order valence-corrected chi connectivity index (χ1v) is 6.57. The number of para-hydroxylation sites is 2. The maximum Gasteiger partial charge on any atom is 0.451 e. The molecule has 0 saturated carbocycles. The number of carbonyl (C=O) groups is 1. The molecular weight excluding hydrogens is 245 g/mol. The number of rotatable bonds is 6. The van der Waals surface area contributed by atoms with Crippen molar-refractivity contribution in [1.82, 2.24) is 0 Å². The van der Waals surface area contributed by atoms with E-state index in [0.29, 0.717) is 12.9 Å². The minimum Gasteiger partial charge on any atom is -0.482 e. The molecule has 1 aromatic rings. The van der Waals surface area contributed by atoms with Crippen LogP contribution in [0.4, 0.5) is 5.69 Å². The van der Waals surface area contributed by atoms with E-state index in [1.807, 2.05) is 24.3 Å². The number of hydrogen-bond donors (Lipinski definition) is 2. The highest BCUT2D eigenvalue weighted by Gasteiger charge is 2.24.